The highest BCUT2D eigenvalue weighted by Crippen LogP contribution is 2.02. The molecule has 0 aliphatic rings. The summed E-state index contributed by atoms with van der Waals surface area (Å²) in [5, 5.41) is 8.47. The van der Waals surface area contributed by atoms with Crippen LogP contribution in [0.15, 0.2) is 0 Å². The third kappa shape index (κ3) is 5.33. The summed E-state index contributed by atoms with van der Waals surface area (Å²) in [5.74, 6) is -2.40. The number of sulfonamides is 1. The van der Waals surface area contributed by atoms with E-state index in [1.165, 1.54) is 0 Å². The van der Waals surface area contributed by atoms with Gasteiger partial charge in [0.1, 0.15) is 6.54 Å². The van der Waals surface area contributed by atoms with Crippen molar-refractivity contribution in [1.29, 1.82) is 0 Å². The van der Waals surface area contributed by atoms with Crippen molar-refractivity contribution < 1.29 is 23.1 Å². The zero-order chi connectivity index (χ0) is 12.1. The smallest absolute Gasteiger partial charge is 0.318 e. The average molecular weight is 238 g/mol. The highest BCUT2D eigenvalue weighted by atomic mass is 32.2. The third-order valence-corrected chi connectivity index (χ3v) is 3.47. The molecule has 88 valence electrons. The minimum atomic E-state index is -3.71. The van der Waals surface area contributed by atoms with Crippen molar-refractivity contribution in [2.24, 2.45) is 5.73 Å². The lowest BCUT2D eigenvalue weighted by Crippen LogP contribution is -2.42. The van der Waals surface area contributed by atoms with E-state index in [9.17, 15) is 18.0 Å². The number of primary amides is 1. The molecule has 0 aliphatic heterocycles. The summed E-state index contributed by atoms with van der Waals surface area (Å²) >= 11 is 0. The Morgan fingerprint density at radius 3 is 2.20 bits per heavy atom. The van der Waals surface area contributed by atoms with Crippen LogP contribution in [0, 0.1) is 0 Å². The van der Waals surface area contributed by atoms with E-state index in [2.05, 4.69) is 0 Å². The van der Waals surface area contributed by atoms with E-state index in [0.717, 1.165) is 0 Å². The molecule has 0 fully saturated rings. The second-order valence-corrected chi connectivity index (χ2v) is 5.03. The Morgan fingerprint density at radius 1 is 1.33 bits per heavy atom. The molecule has 0 saturated carbocycles. The Balaban J connectivity index is 4.76. The summed E-state index contributed by atoms with van der Waals surface area (Å²) in [4.78, 5) is 20.9. The first-order valence-corrected chi connectivity index (χ1v) is 5.88. The average Bonchev–Trinajstić information content (AvgIpc) is 2.00. The first kappa shape index (κ1) is 13.8. The topological polar surface area (TPSA) is 118 Å². The van der Waals surface area contributed by atoms with Gasteiger partial charge in [0.2, 0.25) is 15.9 Å². The standard InChI is InChI=1S/C7H14N2O5S/c1-2-3-15(13,14)9(4-6(8)10)5-7(11)12/h2-5H2,1H3,(H2,8,10)(H,11,12). The monoisotopic (exact) mass is 238 g/mol. The predicted octanol–water partition coefficient (Wildman–Crippen LogP) is -1.40. The molecule has 0 radical (unpaired) electrons. The van der Waals surface area contributed by atoms with Gasteiger partial charge >= 0.3 is 5.97 Å². The van der Waals surface area contributed by atoms with Gasteiger partial charge in [0.25, 0.3) is 0 Å². The van der Waals surface area contributed by atoms with Gasteiger partial charge in [0.15, 0.2) is 0 Å². The van der Waals surface area contributed by atoms with Gasteiger partial charge in [-0.15, -0.1) is 0 Å². The highest BCUT2D eigenvalue weighted by molar-refractivity contribution is 7.89. The minimum Gasteiger partial charge on any atom is -0.480 e. The van der Waals surface area contributed by atoms with Gasteiger partial charge in [-0.1, -0.05) is 6.92 Å². The molecule has 15 heavy (non-hydrogen) atoms. The zero-order valence-electron chi connectivity index (χ0n) is 8.34. The quantitative estimate of drug-likeness (QED) is 0.565. The number of carboxylic acids is 1. The van der Waals surface area contributed by atoms with E-state index in [1.54, 1.807) is 6.92 Å². The summed E-state index contributed by atoms with van der Waals surface area (Å²) < 4.78 is 23.5. The lowest BCUT2D eigenvalue weighted by atomic mass is 10.5. The minimum absolute atomic E-state index is 0.201. The maximum absolute atomic E-state index is 11.5. The fraction of sp³-hybridized carbons (Fsp3) is 0.714. The molecule has 0 unspecified atom stereocenters. The first-order valence-electron chi connectivity index (χ1n) is 4.27. The SMILES string of the molecule is CCCS(=O)(=O)N(CC(N)=O)CC(=O)O. The fourth-order valence-electron chi connectivity index (χ4n) is 0.964. The third-order valence-electron chi connectivity index (χ3n) is 1.50. The Hall–Kier alpha value is -1.15. The second-order valence-electron chi connectivity index (χ2n) is 2.94. The van der Waals surface area contributed by atoms with E-state index in [-0.39, 0.29) is 5.75 Å². The molecular weight excluding hydrogens is 224 g/mol. The molecule has 0 aromatic heterocycles. The summed E-state index contributed by atoms with van der Waals surface area (Å²) in [6.07, 6.45) is 0.344. The van der Waals surface area contributed by atoms with E-state index in [1.807, 2.05) is 0 Å². The van der Waals surface area contributed by atoms with Crippen LogP contribution >= 0.6 is 0 Å². The van der Waals surface area contributed by atoms with Gasteiger partial charge in [0, 0.05) is 0 Å². The maximum Gasteiger partial charge on any atom is 0.318 e. The summed E-state index contributed by atoms with van der Waals surface area (Å²) in [6, 6.07) is 0. The van der Waals surface area contributed by atoms with Crippen LogP contribution in [-0.2, 0) is 19.6 Å². The molecule has 0 aromatic rings. The molecule has 0 spiro atoms. The van der Waals surface area contributed by atoms with E-state index in [0.29, 0.717) is 10.7 Å². The molecule has 0 heterocycles. The van der Waals surface area contributed by atoms with Crippen LogP contribution in [0.3, 0.4) is 0 Å². The van der Waals surface area contributed by atoms with Gasteiger partial charge in [-0.05, 0) is 6.42 Å². The number of carbonyl (C=O) groups is 2. The van der Waals surface area contributed by atoms with Crippen molar-refractivity contribution in [2.75, 3.05) is 18.8 Å². The van der Waals surface area contributed by atoms with E-state index < -0.39 is 35.0 Å². The Kier molecular flexibility index (Phi) is 5.23. The zero-order valence-corrected chi connectivity index (χ0v) is 9.16. The van der Waals surface area contributed by atoms with Gasteiger partial charge < -0.3 is 10.8 Å². The molecule has 1 amide bonds. The van der Waals surface area contributed by atoms with Crippen molar-refractivity contribution >= 4 is 21.9 Å². The van der Waals surface area contributed by atoms with Crippen LogP contribution in [-0.4, -0.2) is 48.5 Å². The van der Waals surface area contributed by atoms with Gasteiger partial charge in [-0.2, -0.15) is 4.31 Å². The van der Waals surface area contributed by atoms with Gasteiger partial charge in [-0.3, -0.25) is 9.59 Å². The number of amides is 1. The van der Waals surface area contributed by atoms with Crippen molar-refractivity contribution in [3.63, 3.8) is 0 Å². The Bertz CT molecular complexity index is 321. The summed E-state index contributed by atoms with van der Waals surface area (Å²) in [6.45, 7) is 0.292. The van der Waals surface area contributed by atoms with Crippen molar-refractivity contribution in [3.05, 3.63) is 0 Å². The maximum atomic E-state index is 11.5. The summed E-state index contributed by atoms with van der Waals surface area (Å²) in [7, 11) is -3.71. The fourth-order valence-corrected chi connectivity index (χ4v) is 2.37. The number of rotatable bonds is 7. The molecule has 0 rings (SSSR count). The molecule has 7 nitrogen and oxygen atoms in total. The van der Waals surface area contributed by atoms with Gasteiger partial charge in [0.05, 0.1) is 12.3 Å². The van der Waals surface area contributed by atoms with Crippen molar-refractivity contribution in [1.82, 2.24) is 4.31 Å². The van der Waals surface area contributed by atoms with Crippen LogP contribution in [0.25, 0.3) is 0 Å². The molecule has 0 aliphatic carbocycles. The Labute approximate surface area is 87.9 Å². The molecule has 0 bridgehead atoms. The van der Waals surface area contributed by atoms with E-state index in [4.69, 9.17) is 10.8 Å². The number of aliphatic carboxylic acids is 1. The predicted molar refractivity (Wildman–Crippen MR) is 52.5 cm³/mol. The number of carboxylic acid groups (broad SMARTS) is 1. The van der Waals surface area contributed by atoms with Crippen LogP contribution in [0.5, 0.6) is 0 Å². The first-order chi connectivity index (χ1) is 6.79. The molecule has 0 saturated heterocycles. The van der Waals surface area contributed by atoms with Crippen LogP contribution in [0.2, 0.25) is 0 Å². The van der Waals surface area contributed by atoms with E-state index >= 15 is 0 Å². The highest BCUT2D eigenvalue weighted by Gasteiger charge is 2.24. The molecule has 3 N–H and O–H groups in total. The largest absolute Gasteiger partial charge is 0.480 e. The molecule has 8 heteroatoms. The number of nitrogens with two attached hydrogens (primary N) is 1. The molecule has 0 atom stereocenters. The van der Waals surface area contributed by atoms with Crippen LogP contribution < -0.4 is 5.73 Å². The van der Waals surface area contributed by atoms with Crippen molar-refractivity contribution in [2.45, 2.75) is 13.3 Å². The summed E-state index contributed by atoms with van der Waals surface area (Å²) in [5.41, 5.74) is 4.82. The Morgan fingerprint density at radius 2 is 1.87 bits per heavy atom. The number of carbonyl (C=O) groups excluding carboxylic acids is 1. The van der Waals surface area contributed by atoms with Crippen LogP contribution in [0.1, 0.15) is 13.3 Å². The van der Waals surface area contributed by atoms with Gasteiger partial charge in [-0.25, -0.2) is 8.42 Å². The number of hydrogen-bond acceptors (Lipinski definition) is 4. The number of nitrogens with zero attached hydrogens (tertiary/aromatic N) is 1. The van der Waals surface area contributed by atoms with Crippen LogP contribution in [0.4, 0.5) is 0 Å². The molecular formula is C7H14N2O5S. The lowest BCUT2D eigenvalue weighted by Gasteiger charge is -2.17. The van der Waals surface area contributed by atoms with Crippen molar-refractivity contribution in [3.8, 4) is 0 Å². The lowest BCUT2D eigenvalue weighted by molar-refractivity contribution is -0.137. The second kappa shape index (κ2) is 5.66. The normalized spacial score (nSPS) is 11.6. The number of hydrogen-bond donors (Lipinski definition) is 2. The molecule has 0 aromatic carbocycles.